The van der Waals surface area contributed by atoms with Crippen molar-refractivity contribution in [3.63, 3.8) is 0 Å². The molecule has 1 rings (SSSR count). The van der Waals surface area contributed by atoms with E-state index >= 15 is 0 Å². The first-order chi connectivity index (χ1) is 6.02. The van der Waals surface area contributed by atoms with Crippen molar-refractivity contribution in [3.05, 3.63) is 35.1 Å². The third-order valence-corrected chi connectivity index (χ3v) is 1.87. The first-order valence-corrected chi connectivity index (χ1v) is 4.05. The van der Waals surface area contributed by atoms with Gasteiger partial charge >= 0.3 is 5.97 Å². The molecule has 0 spiro atoms. The Morgan fingerprint density at radius 1 is 1.46 bits per heavy atom. The van der Waals surface area contributed by atoms with E-state index in [1.807, 2.05) is 13.8 Å². The van der Waals surface area contributed by atoms with Crippen LogP contribution in [0.15, 0.2) is 18.2 Å². The topological polar surface area (TPSA) is 37.3 Å². The van der Waals surface area contributed by atoms with E-state index in [4.69, 9.17) is 5.11 Å². The van der Waals surface area contributed by atoms with Gasteiger partial charge in [0.2, 0.25) is 0 Å². The van der Waals surface area contributed by atoms with Gasteiger partial charge < -0.3 is 5.11 Å². The Balaban J connectivity index is 3.26. The van der Waals surface area contributed by atoms with Gasteiger partial charge in [-0.25, -0.2) is 9.18 Å². The predicted octanol–water partition coefficient (Wildman–Crippen LogP) is 2.65. The average Bonchev–Trinajstić information content (AvgIpc) is 2.03. The summed E-state index contributed by atoms with van der Waals surface area (Å²) < 4.78 is 12.8. The molecule has 0 fully saturated rings. The Morgan fingerprint density at radius 3 is 2.54 bits per heavy atom. The quantitative estimate of drug-likeness (QED) is 0.763. The van der Waals surface area contributed by atoms with E-state index in [1.165, 1.54) is 12.1 Å². The average molecular weight is 182 g/mol. The van der Waals surface area contributed by atoms with Crippen LogP contribution in [0.4, 0.5) is 4.39 Å². The second-order valence-corrected chi connectivity index (χ2v) is 3.19. The number of aromatic carboxylic acids is 1. The van der Waals surface area contributed by atoms with Crippen molar-refractivity contribution in [2.24, 2.45) is 0 Å². The number of hydrogen-bond donors (Lipinski definition) is 1. The van der Waals surface area contributed by atoms with Gasteiger partial charge in [-0.3, -0.25) is 0 Å². The third kappa shape index (κ3) is 2.05. The van der Waals surface area contributed by atoms with Crippen LogP contribution < -0.4 is 0 Å². The second kappa shape index (κ2) is 3.56. The van der Waals surface area contributed by atoms with Gasteiger partial charge in [0.1, 0.15) is 5.82 Å². The molecule has 0 unspecified atom stereocenters. The van der Waals surface area contributed by atoms with E-state index in [2.05, 4.69) is 0 Å². The Morgan fingerprint density at radius 2 is 2.08 bits per heavy atom. The molecule has 0 aliphatic carbocycles. The van der Waals surface area contributed by atoms with Crippen LogP contribution in [0, 0.1) is 5.82 Å². The van der Waals surface area contributed by atoms with Crippen LogP contribution in [-0.4, -0.2) is 11.1 Å². The lowest BCUT2D eigenvalue weighted by molar-refractivity contribution is 0.0695. The maximum absolute atomic E-state index is 12.8. The molecule has 0 aromatic heterocycles. The molecule has 3 heteroatoms. The Hall–Kier alpha value is -1.38. The molecule has 0 aliphatic heterocycles. The summed E-state index contributed by atoms with van der Waals surface area (Å²) in [5.41, 5.74) is 0.712. The summed E-state index contributed by atoms with van der Waals surface area (Å²) in [4.78, 5) is 10.7. The zero-order valence-electron chi connectivity index (χ0n) is 7.54. The summed E-state index contributed by atoms with van der Waals surface area (Å²) >= 11 is 0. The van der Waals surface area contributed by atoms with Crippen LogP contribution in [0.25, 0.3) is 0 Å². The van der Waals surface area contributed by atoms with Crippen molar-refractivity contribution in [3.8, 4) is 0 Å². The van der Waals surface area contributed by atoms with Gasteiger partial charge in [-0.1, -0.05) is 13.8 Å². The molecule has 1 aromatic rings. The van der Waals surface area contributed by atoms with Crippen molar-refractivity contribution in [2.45, 2.75) is 19.8 Å². The van der Waals surface area contributed by atoms with Gasteiger partial charge in [0.15, 0.2) is 0 Å². The van der Waals surface area contributed by atoms with Crippen LogP contribution in [0.3, 0.4) is 0 Å². The molecular weight excluding hydrogens is 171 g/mol. The second-order valence-electron chi connectivity index (χ2n) is 3.19. The van der Waals surface area contributed by atoms with E-state index < -0.39 is 11.8 Å². The lowest BCUT2D eigenvalue weighted by atomic mass is 9.97. The van der Waals surface area contributed by atoms with Crippen molar-refractivity contribution >= 4 is 5.97 Å². The SMILES string of the molecule is CC(C)c1cc(F)ccc1C(=O)O. The lowest BCUT2D eigenvalue weighted by Crippen LogP contribution is -2.04. The number of carboxylic acids is 1. The largest absolute Gasteiger partial charge is 0.478 e. The molecule has 1 N–H and O–H groups in total. The van der Waals surface area contributed by atoms with E-state index in [1.54, 1.807) is 0 Å². The fourth-order valence-electron chi connectivity index (χ4n) is 1.21. The first kappa shape index (κ1) is 9.71. The summed E-state index contributed by atoms with van der Waals surface area (Å²) in [6, 6.07) is 3.73. The highest BCUT2D eigenvalue weighted by Crippen LogP contribution is 2.20. The molecular formula is C10H11FO2. The van der Waals surface area contributed by atoms with E-state index in [-0.39, 0.29) is 11.5 Å². The van der Waals surface area contributed by atoms with E-state index in [0.717, 1.165) is 6.07 Å². The van der Waals surface area contributed by atoms with Gasteiger partial charge in [-0.05, 0) is 29.7 Å². The highest BCUT2D eigenvalue weighted by atomic mass is 19.1. The Bertz CT molecular complexity index is 332. The standard InChI is InChI=1S/C10H11FO2/c1-6(2)9-5-7(11)3-4-8(9)10(12)13/h3-6H,1-2H3,(H,12,13). The smallest absolute Gasteiger partial charge is 0.335 e. The number of rotatable bonds is 2. The van der Waals surface area contributed by atoms with Crippen LogP contribution in [0.1, 0.15) is 35.7 Å². The van der Waals surface area contributed by atoms with E-state index in [0.29, 0.717) is 5.56 Å². The first-order valence-electron chi connectivity index (χ1n) is 4.05. The van der Waals surface area contributed by atoms with Crippen molar-refractivity contribution in [1.29, 1.82) is 0 Å². The number of carbonyl (C=O) groups is 1. The van der Waals surface area contributed by atoms with Gasteiger partial charge in [0.25, 0.3) is 0 Å². The minimum absolute atomic E-state index is 0.0156. The van der Waals surface area contributed by atoms with Crippen LogP contribution in [0.5, 0.6) is 0 Å². The minimum atomic E-state index is -1.01. The third-order valence-electron chi connectivity index (χ3n) is 1.87. The van der Waals surface area contributed by atoms with Crippen LogP contribution in [-0.2, 0) is 0 Å². The molecule has 70 valence electrons. The van der Waals surface area contributed by atoms with Gasteiger partial charge in [0.05, 0.1) is 5.56 Å². The lowest BCUT2D eigenvalue weighted by Gasteiger charge is -2.08. The molecule has 0 aliphatic rings. The van der Waals surface area contributed by atoms with E-state index in [9.17, 15) is 9.18 Å². The molecule has 0 heterocycles. The van der Waals surface area contributed by atoms with Crippen molar-refractivity contribution in [2.75, 3.05) is 0 Å². The Labute approximate surface area is 76.0 Å². The maximum atomic E-state index is 12.8. The fraction of sp³-hybridized carbons (Fsp3) is 0.300. The molecule has 2 nitrogen and oxygen atoms in total. The predicted molar refractivity (Wildman–Crippen MR) is 47.4 cm³/mol. The Kier molecular flexibility index (Phi) is 2.66. The number of carboxylic acid groups (broad SMARTS) is 1. The molecule has 0 atom stereocenters. The summed E-state index contributed by atoms with van der Waals surface area (Å²) in [5.74, 6) is -1.39. The minimum Gasteiger partial charge on any atom is -0.478 e. The van der Waals surface area contributed by atoms with Gasteiger partial charge in [-0.15, -0.1) is 0 Å². The highest BCUT2D eigenvalue weighted by Gasteiger charge is 2.12. The molecule has 0 saturated carbocycles. The molecule has 1 aromatic carbocycles. The van der Waals surface area contributed by atoms with Gasteiger partial charge in [-0.2, -0.15) is 0 Å². The van der Waals surface area contributed by atoms with Crippen molar-refractivity contribution in [1.82, 2.24) is 0 Å². The zero-order valence-corrected chi connectivity index (χ0v) is 7.54. The maximum Gasteiger partial charge on any atom is 0.335 e. The number of halogens is 1. The van der Waals surface area contributed by atoms with Gasteiger partial charge in [0, 0.05) is 0 Å². The summed E-state index contributed by atoms with van der Waals surface area (Å²) in [6.45, 7) is 3.67. The van der Waals surface area contributed by atoms with Crippen LogP contribution >= 0.6 is 0 Å². The molecule has 0 saturated heterocycles. The summed E-state index contributed by atoms with van der Waals surface area (Å²) in [7, 11) is 0. The normalized spacial score (nSPS) is 10.5. The number of hydrogen-bond acceptors (Lipinski definition) is 1. The zero-order chi connectivity index (χ0) is 10.0. The molecule has 0 bridgehead atoms. The monoisotopic (exact) mass is 182 g/mol. The summed E-state index contributed by atoms with van der Waals surface area (Å²) in [5, 5.41) is 8.78. The highest BCUT2D eigenvalue weighted by molar-refractivity contribution is 5.89. The summed E-state index contributed by atoms with van der Waals surface area (Å²) in [6.07, 6.45) is 0. The molecule has 13 heavy (non-hydrogen) atoms. The fourth-order valence-corrected chi connectivity index (χ4v) is 1.21. The number of benzene rings is 1. The van der Waals surface area contributed by atoms with Crippen molar-refractivity contribution < 1.29 is 14.3 Å². The molecule has 0 radical (unpaired) electrons. The molecule has 0 amide bonds. The van der Waals surface area contributed by atoms with Crippen LogP contribution in [0.2, 0.25) is 0 Å².